The van der Waals surface area contributed by atoms with Crippen molar-refractivity contribution in [3.05, 3.63) is 77.4 Å². The number of carbonyl (C=O) groups excluding carboxylic acids is 2. The van der Waals surface area contributed by atoms with Gasteiger partial charge in [-0.05, 0) is 55.3 Å². The summed E-state index contributed by atoms with van der Waals surface area (Å²) < 4.78 is 30.8. The Kier molecular flexibility index (Phi) is 6.60. The summed E-state index contributed by atoms with van der Waals surface area (Å²) in [5.74, 6) is -1.88. The molecule has 6 heteroatoms. The van der Waals surface area contributed by atoms with Crippen molar-refractivity contribution < 1.29 is 23.1 Å². The third-order valence-electron chi connectivity index (χ3n) is 3.67. The first-order valence-electron chi connectivity index (χ1n) is 8.05. The van der Waals surface area contributed by atoms with Crippen molar-refractivity contribution in [3.63, 3.8) is 0 Å². The van der Waals surface area contributed by atoms with E-state index < -0.39 is 18.0 Å². The summed E-state index contributed by atoms with van der Waals surface area (Å²) in [4.78, 5) is 23.9. The maximum atomic E-state index is 12.9. The van der Waals surface area contributed by atoms with E-state index in [1.807, 2.05) is 0 Å². The molecule has 0 saturated heterocycles. The Morgan fingerprint density at radius 2 is 1.50 bits per heavy atom. The van der Waals surface area contributed by atoms with Crippen molar-refractivity contribution in [2.24, 2.45) is 0 Å². The molecule has 0 aromatic heterocycles. The van der Waals surface area contributed by atoms with Crippen LogP contribution in [-0.4, -0.2) is 18.0 Å². The van der Waals surface area contributed by atoms with Crippen LogP contribution >= 0.6 is 0 Å². The van der Waals surface area contributed by atoms with Crippen LogP contribution < -0.4 is 5.32 Å². The lowest BCUT2D eigenvalue weighted by Crippen LogP contribution is -2.37. The smallest absolute Gasteiger partial charge is 0.331 e. The first-order valence-corrected chi connectivity index (χ1v) is 8.05. The molecule has 0 heterocycles. The van der Waals surface area contributed by atoms with Crippen LogP contribution in [0.4, 0.5) is 8.78 Å². The molecule has 26 heavy (non-hydrogen) atoms. The quantitative estimate of drug-likeness (QED) is 0.631. The van der Waals surface area contributed by atoms with Crippen molar-refractivity contribution in [1.82, 2.24) is 5.32 Å². The lowest BCUT2D eigenvalue weighted by Gasteiger charge is -2.17. The van der Waals surface area contributed by atoms with Gasteiger partial charge in [-0.3, -0.25) is 4.79 Å². The largest absolute Gasteiger partial charge is 0.449 e. The van der Waals surface area contributed by atoms with Gasteiger partial charge in [0, 0.05) is 6.08 Å². The number of rotatable bonds is 6. The summed E-state index contributed by atoms with van der Waals surface area (Å²) in [5, 5.41) is 2.70. The van der Waals surface area contributed by atoms with Gasteiger partial charge in [0.05, 0.1) is 6.04 Å². The number of carbonyl (C=O) groups is 2. The average molecular weight is 359 g/mol. The Morgan fingerprint density at radius 3 is 2.08 bits per heavy atom. The standard InChI is InChI=1S/C20H19F2NO3/c1-13(16-6-10-18(22)11-7-16)23-20(25)14(2)26-19(24)12-5-15-3-8-17(21)9-4-15/h3-14H,1-2H3,(H,23,25)/b12-5+. The van der Waals surface area contributed by atoms with Crippen molar-refractivity contribution in [3.8, 4) is 0 Å². The van der Waals surface area contributed by atoms with E-state index in [1.54, 1.807) is 19.1 Å². The molecule has 0 aliphatic rings. The minimum Gasteiger partial charge on any atom is -0.449 e. The number of hydrogen-bond acceptors (Lipinski definition) is 3. The van der Waals surface area contributed by atoms with Gasteiger partial charge in [0.25, 0.3) is 5.91 Å². The maximum Gasteiger partial charge on any atom is 0.331 e. The summed E-state index contributed by atoms with van der Waals surface area (Å²) in [5.41, 5.74) is 1.36. The summed E-state index contributed by atoms with van der Waals surface area (Å²) in [6.07, 6.45) is 1.64. The topological polar surface area (TPSA) is 55.4 Å². The lowest BCUT2D eigenvalue weighted by atomic mass is 10.1. The molecule has 2 unspecified atom stereocenters. The number of esters is 1. The van der Waals surface area contributed by atoms with Gasteiger partial charge in [-0.2, -0.15) is 0 Å². The molecular weight excluding hydrogens is 340 g/mol. The van der Waals surface area contributed by atoms with E-state index in [2.05, 4.69) is 5.32 Å². The highest BCUT2D eigenvalue weighted by molar-refractivity contribution is 5.90. The Labute approximate surface area is 150 Å². The highest BCUT2D eigenvalue weighted by Crippen LogP contribution is 2.13. The first-order chi connectivity index (χ1) is 12.3. The van der Waals surface area contributed by atoms with Crippen LogP contribution in [0, 0.1) is 11.6 Å². The van der Waals surface area contributed by atoms with Gasteiger partial charge in [-0.1, -0.05) is 24.3 Å². The van der Waals surface area contributed by atoms with Crippen molar-refractivity contribution in [2.75, 3.05) is 0 Å². The molecule has 0 aliphatic carbocycles. The monoisotopic (exact) mass is 359 g/mol. The van der Waals surface area contributed by atoms with Gasteiger partial charge in [-0.15, -0.1) is 0 Å². The number of nitrogens with one attached hydrogen (secondary N) is 1. The minimum atomic E-state index is -0.997. The summed E-state index contributed by atoms with van der Waals surface area (Å²) in [6.45, 7) is 3.20. The Morgan fingerprint density at radius 1 is 0.962 bits per heavy atom. The third kappa shape index (κ3) is 5.81. The predicted octanol–water partition coefficient (Wildman–Crippen LogP) is 3.79. The van der Waals surface area contributed by atoms with E-state index in [-0.39, 0.29) is 17.7 Å². The first kappa shape index (κ1) is 19.3. The second kappa shape index (κ2) is 8.89. The zero-order valence-corrected chi connectivity index (χ0v) is 14.4. The molecule has 0 aliphatic heterocycles. The highest BCUT2D eigenvalue weighted by Gasteiger charge is 2.19. The average Bonchev–Trinajstić information content (AvgIpc) is 2.61. The Balaban J connectivity index is 1.86. The predicted molar refractivity (Wildman–Crippen MR) is 93.9 cm³/mol. The molecule has 2 aromatic rings. The third-order valence-corrected chi connectivity index (χ3v) is 3.67. The maximum absolute atomic E-state index is 12.9. The molecule has 1 N–H and O–H groups in total. The van der Waals surface area contributed by atoms with Crippen LogP contribution in [0.3, 0.4) is 0 Å². The van der Waals surface area contributed by atoms with Gasteiger partial charge >= 0.3 is 5.97 Å². The van der Waals surface area contributed by atoms with Gasteiger partial charge < -0.3 is 10.1 Å². The van der Waals surface area contributed by atoms with Crippen LogP contribution in [0.15, 0.2) is 54.6 Å². The molecular formula is C20H19F2NO3. The normalized spacial score (nSPS) is 13.2. The number of ether oxygens (including phenoxy) is 1. The molecule has 2 aromatic carbocycles. The molecule has 0 saturated carbocycles. The second-order valence-electron chi connectivity index (χ2n) is 5.75. The SMILES string of the molecule is CC(OC(=O)/C=C/c1ccc(F)cc1)C(=O)NC(C)c1ccc(F)cc1. The van der Waals surface area contributed by atoms with E-state index in [1.165, 1.54) is 55.5 Å². The van der Waals surface area contributed by atoms with E-state index in [0.29, 0.717) is 5.56 Å². The lowest BCUT2D eigenvalue weighted by molar-refractivity contribution is -0.150. The summed E-state index contributed by atoms with van der Waals surface area (Å²) >= 11 is 0. The van der Waals surface area contributed by atoms with Gasteiger partial charge in [0.2, 0.25) is 0 Å². The van der Waals surface area contributed by atoms with Crippen molar-refractivity contribution >= 4 is 18.0 Å². The second-order valence-corrected chi connectivity index (χ2v) is 5.75. The Bertz CT molecular complexity index is 786. The molecule has 2 rings (SSSR count). The van der Waals surface area contributed by atoms with E-state index in [0.717, 1.165) is 5.56 Å². The number of benzene rings is 2. The fraction of sp³-hybridized carbons (Fsp3) is 0.200. The van der Waals surface area contributed by atoms with Crippen LogP contribution in [0.2, 0.25) is 0 Å². The number of halogens is 2. The van der Waals surface area contributed by atoms with Crippen LogP contribution in [0.25, 0.3) is 6.08 Å². The molecule has 0 fully saturated rings. The minimum absolute atomic E-state index is 0.359. The molecule has 0 radical (unpaired) electrons. The summed E-state index contributed by atoms with van der Waals surface area (Å²) in [7, 11) is 0. The van der Waals surface area contributed by atoms with Gasteiger partial charge in [-0.25, -0.2) is 13.6 Å². The number of amides is 1. The molecule has 4 nitrogen and oxygen atoms in total. The van der Waals surface area contributed by atoms with Gasteiger partial charge in [0.15, 0.2) is 6.10 Å². The summed E-state index contributed by atoms with van der Waals surface area (Å²) in [6, 6.07) is 11.0. The molecule has 2 atom stereocenters. The van der Waals surface area contributed by atoms with Crippen molar-refractivity contribution in [1.29, 1.82) is 0 Å². The van der Waals surface area contributed by atoms with E-state index in [9.17, 15) is 18.4 Å². The molecule has 0 spiro atoms. The van der Waals surface area contributed by atoms with E-state index >= 15 is 0 Å². The fourth-order valence-corrected chi connectivity index (χ4v) is 2.17. The molecule has 1 amide bonds. The zero-order chi connectivity index (χ0) is 19.1. The van der Waals surface area contributed by atoms with Gasteiger partial charge in [0.1, 0.15) is 11.6 Å². The molecule has 136 valence electrons. The molecule has 0 bridgehead atoms. The Hall–Kier alpha value is -3.02. The fourth-order valence-electron chi connectivity index (χ4n) is 2.17. The van der Waals surface area contributed by atoms with E-state index in [4.69, 9.17) is 4.74 Å². The highest BCUT2D eigenvalue weighted by atomic mass is 19.1. The number of hydrogen-bond donors (Lipinski definition) is 1. The van der Waals surface area contributed by atoms with Crippen LogP contribution in [0.5, 0.6) is 0 Å². The van der Waals surface area contributed by atoms with Crippen LogP contribution in [-0.2, 0) is 14.3 Å². The van der Waals surface area contributed by atoms with Crippen LogP contribution in [0.1, 0.15) is 31.0 Å². The zero-order valence-electron chi connectivity index (χ0n) is 14.4. The van der Waals surface area contributed by atoms with Crippen molar-refractivity contribution in [2.45, 2.75) is 26.0 Å².